The number of phenolic OH excluding ortho intramolecular Hbond substituents is 1. The standard InChI is InChI=1S/C36H33NO4.CH5N/c1-2-3-4-8-19-41-26-14-18-28-23(21-26)12-16-30-32(28)31-27-17-13-25(38)20-22(27)11-15-29(31)33-34(30)36(40)37(35(33)39)24-9-6-5-7-10-24;1-2/h5-7,9-10,13-14,17-18,20-21,38H,2-4,8,11-12,15-16,19H2,1H3;2H2,1H3. The second kappa shape index (κ2) is 12.1. The number of unbranched alkanes of at least 4 members (excludes halogenated alkanes) is 3. The molecule has 4 aromatic rings. The number of fused-ring (bicyclic) bond motifs is 10. The van der Waals surface area contributed by atoms with Gasteiger partial charge in [-0.1, -0.05) is 56.5 Å². The molecule has 0 aromatic heterocycles. The number of hydrogen-bond donors (Lipinski definition) is 2. The van der Waals surface area contributed by atoms with Crippen molar-refractivity contribution in [2.24, 2.45) is 5.73 Å². The summed E-state index contributed by atoms with van der Waals surface area (Å²) in [6.45, 7) is 2.92. The number of carbonyl (C=O) groups excluding carboxylic acids is 2. The number of aryl methyl sites for hydroxylation is 2. The van der Waals surface area contributed by atoms with Gasteiger partial charge < -0.3 is 15.6 Å². The van der Waals surface area contributed by atoms with Crippen molar-refractivity contribution in [2.45, 2.75) is 58.3 Å². The zero-order valence-electron chi connectivity index (χ0n) is 24.9. The Hall–Kier alpha value is -4.42. The third-order valence-corrected chi connectivity index (χ3v) is 8.81. The molecule has 1 aliphatic heterocycles. The topological polar surface area (TPSA) is 92.9 Å². The van der Waals surface area contributed by atoms with Gasteiger partial charge in [0.05, 0.1) is 23.4 Å². The highest BCUT2D eigenvalue weighted by Crippen LogP contribution is 2.51. The number of aromatic hydroxyl groups is 1. The van der Waals surface area contributed by atoms with Crippen LogP contribution in [0.5, 0.6) is 11.5 Å². The number of nitrogens with zero attached hydrogens (tertiary/aromatic N) is 1. The van der Waals surface area contributed by atoms with Crippen LogP contribution in [0.3, 0.4) is 0 Å². The van der Waals surface area contributed by atoms with Crippen molar-refractivity contribution in [1.82, 2.24) is 0 Å². The molecule has 7 rings (SSSR count). The molecule has 6 heteroatoms. The van der Waals surface area contributed by atoms with Crippen LogP contribution >= 0.6 is 0 Å². The maximum atomic E-state index is 14.1. The van der Waals surface area contributed by atoms with Crippen molar-refractivity contribution in [3.8, 4) is 33.8 Å². The zero-order chi connectivity index (χ0) is 30.1. The van der Waals surface area contributed by atoms with Gasteiger partial charge in [-0.05, 0) is 120 Å². The van der Waals surface area contributed by atoms with Crippen molar-refractivity contribution in [1.29, 1.82) is 0 Å². The summed E-state index contributed by atoms with van der Waals surface area (Å²) in [5, 5.41) is 10.3. The lowest BCUT2D eigenvalue weighted by Gasteiger charge is -2.31. The highest BCUT2D eigenvalue weighted by Gasteiger charge is 2.44. The number of phenols is 1. The smallest absolute Gasteiger partial charge is 0.266 e. The molecule has 0 atom stereocenters. The molecule has 6 nitrogen and oxygen atoms in total. The fraction of sp³-hybridized carbons (Fsp3) is 0.297. The van der Waals surface area contributed by atoms with Gasteiger partial charge in [0.1, 0.15) is 11.5 Å². The number of imide groups is 1. The lowest BCUT2D eigenvalue weighted by atomic mass is 9.72. The van der Waals surface area contributed by atoms with Crippen LogP contribution < -0.4 is 15.4 Å². The average molecular weight is 575 g/mol. The minimum atomic E-state index is -0.241. The van der Waals surface area contributed by atoms with Crippen LogP contribution in [0.4, 0.5) is 5.69 Å². The predicted octanol–water partition coefficient (Wildman–Crippen LogP) is 7.26. The summed E-state index contributed by atoms with van der Waals surface area (Å²) in [5.74, 6) is 0.646. The van der Waals surface area contributed by atoms with Crippen molar-refractivity contribution < 1.29 is 19.4 Å². The first-order valence-corrected chi connectivity index (χ1v) is 15.4. The Morgan fingerprint density at radius 2 is 1.33 bits per heavy atom. The summed E-state index contributed by atoms with van der Waals surface area (Å²) in [7, 11) is 1.50. The van der Waals surface area contributed by atoms with E-state index in [-0.39, 0.29) is 17.6 Å². The van der Waals surface area contributed by atoms with Crippen molar-refractivity contribution in [2.75, 3.05) is 18.6 Å². The Morgan fingerprint density at radius 1 is 0.721 bits per heavy atom. The minimum Gasteiger partial charge on any atom is -0.508 e. The van der Waals surface area contributed by atoms with E-state index in [1.165, 1.54) is 36.8 Å². The molecule has 0 unspecified atom stereocenters. The quantitative estimate of drug-likeness (QED) is 0.179. The van der Waals surface area contributed by atoms with Crippen LogP contribution in [0.1, 0.15) is 75.6 Å². The van der Waals surface area contributed by atoms with Crippen LogP contribution in [0.15, 0.2) is 66.7 Å². The zero-order valence-corrected chi connectivity index (χ0v) is 24.9. The number of benzene rings is 4. The normalized spacial score (nSPS) is 14.2. The van der Waals surface area contributed by atoms with E-state index in [0.29, 0.717) is 42.7 Å². The third-order valence-electron chi connectivity index (χ3n) is 8.81. The van der Waals surface area contributed by atoms with Gasteiger partial charge in [-0.15, -0.1) is 0 Å². The molecule has 0 saturated heterocycles. The molecule has 4 aromatic carbocycles. The molecule has 3 aliphatic rings. The average Bonchev–Trinajstić information content (AvgIpc) is 3.31. The van der Waals surface area contributed by atoms with E-state index in [1.54, 1.807) is 6.07 Å². The largest absolute Gasteiger partial charge is 0.508 e. The van der Waals surface area contributed by atoms with E-state index < -0.39 is 0 Å². The number of nitrogens with two attached hydrogens (primary N) is 1. The van der Waals surface area contributed by atoms with Gasteiger partial charge >= 0.3 is 0 Å². The van der Waals surface area contributed by atoms with Gasteiger partial charge in [-0.25, -0.2) is 4.90 Å². The van der Waals surface area contributed by atoms with Crippen LogP contribution in [0.2, 0.25) is 0 Å². The Bertz CT molecular complexity index is 1710. The first-order chi connectivity index (χ1) is 21.1. The summed E-state index contributed by atoms with van der Waals surface area (Å²) in [4.78, 5) is 29.5. The third kappa shape index (κ3) is 4.90. The molecule has 0 bridgehead atoms. The number of amides is 2. The van der Waals surface area contributed by atoms with Crippen LogP contribution in [-0.2, 0) is 25.7 Å². The second-order valence-electron chi connectivity index (χ2n) is 11.3. The molecular weight excluding hydrogens is 536 g/mol. The first-order valence-electron chi connectivity index (χ1n) is 15.4. The summed E-state index contributed by atoms with van der Waals surface area (Å²) in [6.07, 6.45) is 7.43. The maximum Gasteiger partial charge on any atom is 0.266 e. The van der Waals surface area contributed by atoms with E-state index in [0.717, 1.165) is 57.5 Å². The highest BCUT2D eigenvalue weighted by molar-refractivity contribution is 6.36. The Labute approximate surface area is 253 Å². The van der Waals surface area contributed by atoms with E-state index >= 15 is 0 Å². The van der Waals surface area contributed by atoms with E-state index in [2.05, 4.69) is 24.8 Å². The van der Waals surface area contributed by atoms with Gasteiger partial charge in [0.25, 0.3) is 11.8 Å². The summed E-state index contributed by atoms with van der Waals surface area (Å²) in [6, 6.07) is 21.1. The molecule has 0 radical (unpaired) electrons. The number of para-hydroxylation sites is 1. The van der Waals surface area contributed by atoms with Gasteiger partial charge in [0.15, 0.2) is 0 Å². The fourth-order valence-corrected chi connectivity index (χ4v) is 6.93. The Kier molecular flexibility index (Phi) is 8.04. The van der Waals surface area contributed by atoms with Crippen LogP contribution in [-0.4, -0.2) is 30.6 Å². The molecular formula is C37H38N2O4. The number of carbonyl (C=O) groups is 2. The van der Waals surface area contributed by atoms with Gasteiger partial charge in [-0.3, -0.25) is 9.59 Å². The van der Waals surface area contributed by atoms with Crippen molar-refractivity contribution in [3.05, 3.63) is 100 Å². The number of rotatable bonds is 7. The molecule has 2 amide bonds. The lowest BCUT2D eigenvalue weighted by Crippen LogP contribution is -2.29. The second-order valence-corrected chi connectivity index (χ2v) is 11.3. The maximum absolute atomic E-state index is 14.1. The SMILES string of the molecule is CCCCCCOc1ccc2c(c1)CCc1c3c(c4c(c1-2)-c1ccc(O)cc1CC4)C(=O)N(c1ccccc1)C3=O.CN. The minimum absolute atomic E-state index is 0.234. The van der Waals surface area contributed by atoms with E-state index in [9.17, 15) is 14.7 Å². The molecule has 43 heavy (non-hydrogen) atoms. The van der Waals surface area contributed by atoms with Crippen LogP contribution in [0.25, 0.3) is 22.3 Å². The number of ether oxygens (including phenoxy) is 1. The van der Waals surface area contributed by atoms with Gasteiger partial charge in [0, 0.05) is 0 Å². The highest BCUT2D eigenvalue weighted by atomic mass is 16.5. The van der Waals surface area contributed by atoms with E-state index in [4.69, 9.17) is 4.74 Å². The van der Waals surface area contributed by atoms with Crippen LogP contribution in [0, 0.1) is 0 Å². The number of hydrogen-bond acceptors (Lipinski definition) is 5. The van der Waals surface area contributed by atoms with Gasteiger partial charge in [-0.2, -0.15) is 0 Å². The Balaban J connectivity index is 0.00000161. The van der Waals surface area contributed by atoms with Gasteiger partial charge in [0.2, 0.25) is 0 Å². The molecule has 220 valence electrons. The van der Waals surface area contributed by atoms with Crippen molar-refractivity contribution in [3.63, 3.8) is 0 Å². The molecule has 0 fully saturated rings. The number of anilines is 1. The fourth-order valence-electron chi connectivity index (χ4n) is 6.93. The monoisotopic (exact) mass is 574 g/mol. The summed E-state index contributed by atoms with van der Waals surface area (Å²) in [5.41, 5.74) is 14.6. The lowest BCUT2D eigenvalue weighted by molar-refractivity contribution is 0.0925. The molecule has 3 N–H and O–H groups in total. The predicted molar refractivity (Wildman–Crippen MR) is 171 cm³/mol. The van der Waals surface area contributed by atoms with E-state index in [1.807, 2.05) is 48.5 Å². The molecule has 1 heterocycles. The Morgan fingerprint density at radius 3 is 1.95 bits per heavy atom. The molecule has 0 spiro atoms. The molecule has 2 aliphatic carbocycles. The summed E-state index contributed by atoms with van der Waals surface area (Å²) < 4.78 is 6.12. The summed E-state index contributed by atoms with van der Waals surface area (Å²) >= 11 is 0. The van der Waals surface area contributed by atoms with Crippen molar-refractivity contribution >= 4 is 17.5 Å². The molecule has 0 saturated carbocycles. The first kappa shape index (κ1) is 28.7.